The number of aromatic nitrogens is 3. The molecule has 3 aromatic carbocycles. The SMILES string of the molecule is Cc1cc(NC(=O)CCSc2nc3ccccc3c(=O)n2-c2ccccc2)c2ccccc2n1. The molecule has 7 heteroatoms. The number of thioether (sulfide) groups is 1. The van der Waals surface area contributed by atoms with Crippen molar-refractivity contribution in [3.05, 3.63) is 101 Å². The van der Waals surface area contributed by atoms with Gasteiger partial charge in [-0.25, -0.2) is 4.98 Å². The number of anilines is 1. The zero-order valence-corrected chi connectivity index (χ0v) is 19.4. The van der Waals surface area contributed by atoms with Crippen molar-refractivity contribution in [1.82, 2.24) is 14.5 Å². The van der Waals surface area contributed by atoms with Crippen LogP contribution in [-0.2, 0) is 4.79 Å². The van der Waals surface area contributed by atoms with E-state index in [1.807, 2.05) is 85.8 Å². The Kier molecular flexibility index (Phi) is 6.10. The zero-order valence-electron chi connectivity index (χ0n) is 18.6. The van der Waals surface area contributed by atoms with Gasteiger partial charge in [-0.05, 0) is 43.3 Å². The summed E-state index contributed by atoms with van der Waals surface area (Å²) in [6.07, 6.45) is 0.276. The van der Waals surface area contributed by atoms with Gasteiger partial charge in [-0.2, -0.15) is 0 Å². The van der Waals surface area contributed by atoms with Crippen molar-refractivity contribution < 1.29 is 4.79 Å². The van der Waals surface area contributed by atoms with Crippen LogP contribution in [0.4, 0.5) is 5.69 Å². The summed E-state index contributed by atoms with van der Waals surface area (Å²) in [5, 5.41) is 5.05. The average molecular weight is 467 g/mol. The largest absolute Gasteiger partial charge is 0.325 e. The molecular weight excluding hydrogens is 444 g/mol. The van der Waals surface area contributed by atoms with Gasteiger partial charge in [0.1, 0.15) is 0 Å². The highest BCUT2D eigenvalue weighted by Crippen LogP contribution is 2.25. The number of nitrogens with zero attached hydrogens (tertiary/aromatic N) is 3. The third-order valence-corrected chi connectivity index (χ3v) is 6.38. The van der Waals surface area contributed by atoms with Gasteiger partial charge in [0.2, 0.25) is 5.91 Å². The van der Waals surface area contributed by atoms with E-state index in [-0.39, 0.29) is 17.9 Å². The van der Waals surface area contributed by atoms with E-state index >= 15 is 0 Å². The lowest BCUT2D eigenvalue weighted by Crippen LogP contribution is -2.22. The van der Waals surface area contributed by atoms with Gasteiger partial charge in [0, 0.05) is 23.3 Å². The first kappa shape index (κ1) is 21.9. The Bertz CT molecular complexity index is 1560. The highest BCUT2D eigenvalue weighted by Gasteiger charge is 2.14. The lowest BCUT2D eigenvalue weighted by atomic mass is 10.1. The molecule has 0 spiro atoms. The lowest BCUT2D eigenvalue weighted by molar-refractivity contribution is -0.115. The standard InChI is InChI=1S/C27H22N4O2S/c1-18-17-24(20-11-5-7-13-22(20)28-18)29-25(32)15-16-34-27-30-23-14-8-6-12-21(23)26(33)31(27)19-9-3-2-4-10-19/h2-14,17H,15-16H2,1H3,(H,28,29,32). The maximum Gasteiger partial charge on any atom is 0.266 e. The van der Waals surface area contributed by atoms with E-state index in [1.54, 1.807) is 10.6 Å². The lowest BCUT2D eigenvalue weighted by Gasteiger charge is -2.13. The fourth-order valence-corrected chi connectivity index (χ4v) is 4.82. The molecule has 0 aliphatic carbocycles. The number of carbonyl (C=O) groups is 1. The van der Waals surface area contributed by atoms with Crippen LogP contribution in [0.3, 0.4) is 0 Å². The summed E-state index contributed by atoms with van der Waals surface area (Å²) in [4.78, 5) is 35.3. The number of amides is 1. The molecule has 0 saturated heterocycles. The van der Waals surface area contributed by atoms with E-state index in [0.29, 0.717) is 21.8 Å². The van der Waals surface area contributed by atoms with E-state index in [9.17, 15) is 9.59 Å². The van der Waals surface area contributed by atoms with Gasteiger partial charge >= 0.3 is 0 Å². The summed E-state index contributed by atoms with van der Waals surface area (Å²) in [5.74, 6) is 0.378. The molecule has 0 atom stereocenters. The summed E-state index contributed by atoms with van der Waals surface area (Å²) in [6.45, 7) is 1.91. The zero-order chi connectivity index (χ0) is 23.5. The molecule has 0 aliphatic rings. The Morgan fingerprint density at radius 1 is 0.882 bits per heavy atom. The Hall–Kier alpha value is -3.97. The number of carbonyl (C=O) groups excluding carboxylic acids is 1. The Morgan fingerprint density at radius 3 is 2.29 bits per heavy atom. The molecular formula is C27H22N4O2S. The second kappa shape index (κ2) is 9.49. The number of para-hydroxylation sites is 3. The number of nitrogens with one attached hydrogen (secondary N) is 1. The molecule has 0 unspecified atom stereocenters. The molecule has 1 N–H and O–H groups in total. The van der Waals surface area contributed by atoms with Crippen molar-refractivity contribution in [1.29, 1.82) is 0 Å². The maximum atomic E-state index is 13.3. The van der Waals surface area contributed by atoms with Crippen LogP contribution in [0.5, 0.6) is 0 Å². The first-order chi connectivity index (χ1) is 16.6. The number of hydrogen-bond donors (Lipinski definition) is 1. The van der Waals surface area contributed by atoms with Gasteiger partial charge in [0.05, 0.1) is 27.8 Å². The molecule has 0 aliphatic heterocycles. The van der Waals surface area contributed by atoms with E-state index < -0.39 is 0 Å². The summed E-state index contributed by atoms with van der Waals surface area (Å²) in [5.41, 5.74) is 3.71. The van der Waals surface area contributed by atoms with Gasteiger partial charge in [-0.15, -0.1) is 0 Å². The molecule has 1 amide bonds. The molecule has 0 bridgehead atoms. The second-order valence-corrected chi connectivity index (χ2v) is 8.92. The number of hydrogen-bond acceptors (Lipinski definition) is 5. The second-order valence-electron chi connectivity index (χ2n) is 7.86. The molecule has 2 heterocycles. The number of aryl methyl sites for hydroxylation is 1. The highest BCUT2D eigenvalue weighted by molar-refractivity contribution is 7.99. The van der Waals surface area contributed by atoms with Crippen LogP contribution in [-0.4, -0.2) is 26.2 Å². The Labute approximate surface area is 200 Å². The third-order valence-electron chi connectivity index (χ3n) is 5.44. The highest BCUT2D eigenvalue weighted by atomic mass is 32.2. The first-order valence-corrected chi connectivity index (χ1v) is 11.9. The molecule has 0 radical (unpaired) electrons. The van der Waals surface area contributed by atoms with E-state index in [4.69, 9.17) is 4.98 Å². The Balaban J connectivity index is 1.38. The van der Waals surface area contributed by atoms with Crippen LogP contribution in [0, 0.1) is 6.92 Å². The van der Waals surface area contributed by atoms with Crippen molar-refractivity contribution in [2.75, 3.05) is 11.1 Å². The normalized spacial score (nSPS) is 11.1. The van der Waals surface area contributed by atoms with Crippen molar-refractivity contribution in [3.63, 3.8) is 0 Å². The van der Waals surface area contributed by atoms with Crippen LogP contribution in [0.1, 0.15) is 12.1 Å². The van der Waals surface area contributed by atoms with Crippen LogP contribution < -0.4 is 10.9 Å². The molecule has 34 heavy (non-hydrogen) atoms. The predicted molar refractivity (Wildman–Crippen MR) is 138 cm³/mol. The van der Waals surface area contributed by atoms with Crippen molar-refractivity contribution in [2.24, 2.45) is 0 Å². The number of fused-ring (bicyclic) bond motifs is 2. The molecule has 168 valence electrons. The van der Waals surface area contributed by atoms with Gasteiger partial charge in [-0.3, -0.25) is 19.1 Å². The minimum atomic E-state index is -0.123. The van der Waals surface area contributed by atoms with E-state index in [2.05, 4.69) is 10.3 Å². The molecule has 5 rings (SSSR count). The number of rotatable bonds is 6. The van der Waals surface area contributed by atoms with Gasteiger partial charge < -0.3 is 5.32 Å². The van der Waals surface area contributed by atoms with Crippen molar-refractivity contribution in [2.45, 2.75) is 18.5 Å². The van der Waals surface area contributed by atoms with Gasteiger partial charge in [-0.1, -0.05) is 60.3 Å². The van der Waals surface area contributed by atoms with Gasteiger partial charge in [0.25, 0.3) is 5.56 Å². The maximum absolute atomic E-state index is 13.3. The quantitative estimate of drug-likeness (QED) is 0.269. The summed E-state index contributed by atoms with van der Waals surface area (Å²) >= 11 is 1.40. The number of benzene rings is 3. The van der Waals surface area contributed by atoms with Crippen molar-refractivity contribution >= 4 is 45.2 Å². The van der Waals surface area contributed by atoms with Crippen LogP contribution in [0.15, 0.2) is 94.9 Å². The Morgan fingerprint density at radius 2 is 1.53 bits per heavy atom. The fourth-order valence-electron chi connectivity index (χ4n) is 3.87. The molecule has 6 nitrogen and oxygen atoms in total. The molecule has 2 aromatic heterocycles. The van der Waals surface area contributed by atoms with E-state index in [0.717, 1.165) is 28.0 Å². The summed E-state index contributed by atoms with van der Waals surface area (Å²) in [6, 6.07) is 26.4. The minimum absolute atomic E-state index is 0.0994. The smallest absolute Gasteiger partial charge is 0.266 e. The molecule has 0 saturated carbocycles. The van der Waals surface area contributed by atoms with Crippen molar-refractivity contribution in [3.8, 4) is 5.69 Å². The topological polar surface area (TPSA) is 76.9 Å². The predicted octanol–water partition coefficient (Wildman–Crippen LogP) is 5.36. The minimum Gasteiger partial charge on any atom is -0.325 e. The first-order valence-electron chi connectivity index (χ1n) is 11.0. The summed E-state index contributed by atoms with van der Waals surface area (Å²) < 4.78 is 1.62. The number of pyridine rings is 1. The average Bonchev–Trinajstić information content (AvgIpc) is 2.85. The van der Waals surface area contributed by atoms with Crippen LogP contribution in [0.25, 0.3) is 27.5 Å². The molecule has 5 aromatic rings. The van der Waals surface area contributed by atoms with E-state index in [1.165, 1.54) is 11.8 Å². The monoisotopic (exact) mass is 466 g/mol. The summed E-state index contributed by atoms with van der Waals surface area (Å²) in [7, 11) is 0. The fraction of sp³-hybridized carbons (Fsp3) is 0.111. The molecule has 0 fully saturated rings. The van der Waals surface area contributed by atoms with Crippen LogP contribution >= 0.6 is 11.8 Å². The third kappa shape index (κ3) is 4.43. The van der Waals surface area contributed by atoms with Crippen LogP contribution in [0.2, 0.25) is 0 Å². The van der Waals surface area contributed by atoms with Gasteiger partial charge in [0.15, 0.2) is 5.16 Å².